The van der Waals surface area contributed by atoms with Crippen LogP contribution in [0.25, 0.3) is 16.8 Å². The van der Waals surface area contributed by atoms with Gasteiger partial charge in [0.2, 0.25) is 0 Å². The number of nitrogens with zero attached hydrogens (tertiary/aromatic N) is 3. The Morgan fingerprint density at radius 1 is 0.950 bits per heavy atom. The predicted molar refractivity (Wildman–Crippen MR) is 73.0 cm³/mol. The van der Waals surface area contributed by atoms with E-state index in [-0.39, 0.29) is 11.2 Å². The van der Waals surface area contributed by atoms with E-state index < -0.39 is 5.82 Å². The van der Waals surface area contributed by atoms with Crippen molar-refractivity contribution >= 4 is 0 Å². The Bertz CT molecular complexity index is 799. The lowest BCUT2D eigenvalue weighted by Crippen LogP contribution is -2.17. The highest BCUT2D eigenvalue weighted by Gasteiger charge is 2.07. The molecule has 2 heterocycles. The largest absolute Gasteiger partial charge is 0.281 e. The van der Waals surface area contributed by atoms with Crippen molar-refractivity contribution in [1.82, 2.24) is 14.5 Å². The Balaban J connectivity index is 2.18. The Kier molecular flexibility index (Phi) is 3.09. The zero-order chi connectivity index (χ0) is 13.9. The van der Waals surface area contributed by atoms with Gasteiger partial charge in [-0.25, -0.2) is 14.4 Å². The molecule has 0 aliphatic carbocycles. The summed E-state index contributed by atoms with van der Waals surface area (Å²) in [6.07, 6.45) is 6.28. The first-order valence-electron chi connectivity index (χ1n) is 5.99. The molecule has 0 fully saturated rings. The summed E-state index contributed by atoms with van der Waals surface area (Å²) < 4.78 is 15.1. The number of pyridine rings is 1. The molecule has 3 aromatic rings. The molecule has 0 N–H and O–H groups in total. The van der Waals surface area contributed by atoms with E-state index in [1.54, 1.807) is 42.9 Å². The van der Waals surface area contributed by atoms with Crippen molar-refractivity contribution in [1.29, 1.82) is 0 Å². The van der Waals surface area contributed by atoms with Crippen LogP contribution in [0.4, 0.5) is 4.39 Å². The normalized spacial score (nSPS) is 10.4. The molecule has 0 saturated heterocycles. The van der Waals surface area contributed by atoms with Crippen molar-refractivity contribution in [2.24, 2.45) is 0 Å². The van der Waals surface area contributed by atoms with Crippen LogP contribution >= 0.6 is 0 Å². The molecular formula is C15H10FN3O. The van der Waals surface area contributed by atoms with Crippen molar-refractivity contribution in [2.45, 2.75) is 0 Å². The maximum atomic E-state index is 13.8. The van der Waals surface area contributed by atoms with Crippen LogP contribution in [-0.4, -0.2) is 14.5 Å². The summed E-state index contributed by atoms with van der Waals surface area (Å²) in [5.41, 5.74) is 1.43. The number of hydrogen-bond donors (Lipinski definition) is 0. The average molecular weight is 267 g/mol. The molecule has 2 aromatic heterocycles. The van der Waals surface area contributed by atoms with E-state index in [1.807, 2.05) is 0 Å². The molecule has 0 amide bonds. The van der Waals surface area contributed by atoms with Gasteiger partial charge < -0.3 is 0 Å². The Hall–Kier alpha value is -2.82. The number of rotatable bonds is 2. The van der Waals surface area contributed by atoms with Crippen molar-refractivity contribution in [3.8, 4) is 16.8 Å². The van der Waals surface area contributed by atoms with Gasteiger partial charge >= 0.3 is 0 Å². The Labute approximate surface area is 114 Å². The van der Waals surface area contributed by atoms with Crippen LogP contribution in [0.2, 0.25) is 0 Å². The van der Waals surface area contributed by atoms with E-state index in [0.29, 0.717) is 0 Å². The van der Waals surface area contributed by atoms with E-state index in [2.05, 4.69) is 9.97 Å². The van der Waals surface area contributed by atoms with Gasteiger partial charge in [0.1, 0.15) is 12.1 Å². The van der Waals surface area contributed by atoms with Crippen LogP contribution in [0.1, 0.15) is 0 Å². The zero-order valence-electron chi connectivity index (χ0n) is 10.4. The molecule has 0 spiro atoms. The zero-order valence-corrected chi connectivity index (χ0v) is 10.4. The van der Waals surface area contributed by atoms with E-state index in [0.717, 1.165) is 11.1 Å². The van der Waals surface area contributed by atoms with Crippen molar-refractivity contribution in [2.75, 3.05) is 0 Å². The van der Waals surface area contributed by atoms with Crippen LogP contribution in [0, 0.1) is 5.82 Å². The first kappa shape index (κ1) is 12.2. The van der Waals surface area contributed by atoms with Crippen molar-refractivity contribution in [3.05, 3.63) is 77.5 Å². The molecule has 0 aliphatic rings. The molecule has 20 heavy (non-hydrogen) atoms. The molecule has 5 heteroatoms. The highest BCUT2D eigenvalue weighted by molar-refractivity contribution is 5.60. The lowest BCUT2D eigenvalue weighted by molar-refractivity contribution is 0.616. The third-order valence-corrected chi connectivity index (χ3v) is 2.92. The molecule has 0 unspecified atom stereocenters. The van der Waals surface area contributed by atoms with Gasteiger partial charge in [-0.3, -0.25) is 9.36 Å². The lowest BCUT2D eigenvalue weighted by atomic mass is 10.1. The van der Waals surface area contributed by atoms with Gasteiger partial charge in [0.15, 0.2) is 0 Å². The highest BCUT2D eigenvalue weighted by atomic mass is 19.1. The fourth-order valence-corrected chi connectivity index (χ4v) is 1.94. The molecule has 0 bridgehead atoms. The monoisotopic (exact) mass is 267 g/mol. The molecule has 0 atom stereocenters. The molecule has 4 nitrogen and oxygen atoms in total. The summed E-state index contributed by atoms with van der Waals surface area (Å²) in [6, 6.07) is 9.21. The van der Waals surface area contributed by atoms with Crippen LogP contribution in [-0.2, 0) is 0 Å². The number of hydrogen-bond acceptors (Lipinski definition) is 3. The first-order valence-corrected chi connectivity index (χ1v) is 5.99. The van der Waals surface area contributed by atoms with Gasteiger partial charge in [-0.1, -0.05) is 12.1 Å². The van der Waals surface area contributed by atoms with Crippen LogP contribution in [0.15, 0.2) is 66.1 Å². The second kappa shape index (κ2) is 5.05. The third kappa shape index (κ3) is 2.21. The van der Waals surface area contributed by atoms with E-state index in [4.69, 9.17) is 0 Å². The van der Waals surface area contributed by atoms with Crippen LogP contribution in [0.5, 0.6) is 0 Å². The third-order valence-electron chi connectivity index (χ3n) is 2.92. The SMILES string of the molecule is O=c1ccc(-c2cncnc2)cn1-c1ccccc1F. The molecule has 98 valence electrons. The highest BCUT2D eigenvalue weighted by Crippen LogP contribution is 2.18. The van der Waals surface area contributed by atoms with Gasteiger partial charge in [-0.05, 0) is 18.2 Å². The van der Waals surface area contributed by atoms with Gasteiger partial charge in [-0.2, -0.15) is 0 Å². The smallest absolute Gasteiger partial charge is 0.255 e. The van der Waals surface area contributed by atoms with Gasteiger partial charge in [0.05, 0.1) is 5.69 Å². The number of aromatic nitrogens is 3. The summed E-state index contributed by atoms with van der Waals surface area (Å²) in [6.45, 7) is 0. The van der Waals surface area contributed by atoms with Crippen molar-refractivity contribution < 1.29 is 4.39 Å². The summed E-state index contributed by atoms with van der Waals surface area (Å²) >= 11 is 0. The Morgan fingerprint density at radius 2 is 1.70 bits per heavy atom. The number of halogens is 1. The molecule has 0 radical (unpaired) electrons. The van der Waals surface area contributed by atoms with E-state index >= 15 is 0 Å². The quantitative estimate of drug-likeness (QED) is 0.716. The maximum absolute atomic E-state index is 13.8. The van der Waals surface area contributed by atoms with Gasteiger partial charge in [0, 0.05) is 35.8 Å². The topological polar surface area (TPSA) is 47.8 Å². The fourth-order valence-electron chi connectivity index (χ4n) is 1.94. The summed E-state index contributed by atoms with van der Waals surface area (Å²) in [5.74, 6) is -0.448. The molecule has 1 aromatic carbocycles. The summed E-state index contributed by atoms with van der Waals surface area (Å²) in [5, 5.41) is 0. The standard InChI is InChI=1S/C15H10FN3O/c16-13-3-1-2-4-14(13)19-9-11(5-6-15(19)20)12-7-17-10-18-8-12/h1-10H. The minimum absolute atomic E-state index is 0.219. The van der Waals surface area contributed by atoms with Gasteiger partial charge in [-0.15, -0.1) is 0 Å². The average Bonchev–Trinajstić information content (AvgIpc) is 2.49. The summed E-state index contributed by atoms with van der Waals surface area (Å²) in [4.78, 5) is 19.8. The molecule has 3 rings (SSSR count). The minimum atomic E-state index is -0.448. The fraction of sp³-hybridized carbons (Fsp3) is 0. The van der Waals surface area contributed by atoms with Crippen molar-refractivity contribution in [3.63, 3.8) is 0 Å². The molecule has 0 saturated carbocycles. The van der Waals surface area contributed by atoms with E-state index in [1.165, 1.54) is 23.0 Å². The van der Waals surface area contributed by atoms with Crippen LogP contribution < -0.4 is 5.56 Å². The minimum Gasteiger partial charge on any atom is -0.281 e. The summed E-state index contributed by atoms with van der Waals surface area (Å²) in [7, 11) is 0. The number of benzene rings is 1. The van der Waals surface area contributed by atoms with E-state index in [9.17, 15) is 9.18 Å². The molecule has 0 aliphatic heterocycles. The second-order valence-electron chi connectivity index (χ2n) is 4.20. The predicted octanol–water partition coefficient (Wildman–Crippen LogP) is 2.43. The second-order valence-corrected chi connectivity index (χ2v) is 4.20. The lowest BCUT2D eigenvalue weighted by Gasteiger charge is -2.08. The Morgan fingerprint density at radius 3 is 2.45 bits per heavy atom. The number of para-hydroxylation sites is 1. The van der Waals surface area contributed by atoms with Gasteiger partial charge in [0.25, 0.3) is 5.56 Å². The molecular weight excluding hydrogens is 257 g/mol. The first-order chi connectivity index (χ1) is 9.75. The maximum Gasteiger partial charge on any atom is 0.255 e. The van der Waals surface area contributed by atoms with Crippen LogP contribution in [0.3, 0.4) is 0 Å².